The number of primary amides is 1. The molecule has 2 amide bonds. The van der Waals surface area contributed by atoms with E-state index < -0.39 is 11.8 Å². The molecule has 1 atom stereocenters. The van der Waals surface area contributed by atoms with E-state index in [4.69, 9.17) is 10.3 Å². The smallest absolute Gasteiger partial charge is 0.292 e. The Bertz CT molecular complexity index is 438. The third-order valence-corrected chi connectivity index (χ3v) is 2.66. The molecule has 0 saturated carbocycles. The molecule has 98 valence electrons. The fourth-order valence-electron chi connectivity index (χ4n) is 1.74. The van der Waals surface area contributed by atoms with Crippen molar-refractivity contribution in [2.75, 3.05) is 13.1 Å². The maximum Gasteiger partial charge on any atom is 0.292 e. The van der Waals surface area contributed by atoms with Crippen molar-refractivity contribution in [1.82, 2.24) is 20.8 Å². The van der Waals surface area contributed by atoms with E-state index in [1.54, 1.807) is 0 Å². The third kappa shape index (κ3) is 3.04. The number of amides is 2. The average Bonchev–Trinajstić information content (AvgIpc) is 2.99. The van der Waals surface area contributed by atoms with Crippen LogP contribution in [0.25, 0.3) is 0 Å². The maximum absolute atomic E-state index is 11.6. The maximum atomic E-state index is 11.6. The molecule has 0 aliphatic carbocycles. The Morgan fingerprint density at radius 1 is 1.56 bits per heavy atom. The van der Waals surface area contributed by atoms with Gasteiger partial charge in [0.1, 0.15) is 0 Å². The quantitative estimate of drug-likeness (QED) is 0.624. The average molecular weight is 253 g/mol. The van der Waals surface area contributed by atoms with Gasteiger partial charge in [-0.3, -0.25) is 9.59 Å². The number of nitrogens with two attached hydrogens (primary N) is 1. The summed E-state index contributed by atoms with van der Waals surface area (Å²) in [5.41, 5.74) is 4.96. The minimum absolute atomic E-state index is 0.0248. The van der Waals surface area contributed by atoms with Gasteiger partial charge in [0.25, 0.3) is 11.7 Å². The minimum Gasteiger partial charge on any atom is -0.370 e. The summed E-state index contributed by atoms with van der Waals surface area (Å²) in [5, 5.41) is 9.29. The summed E-state index contributed by atoms with van der Waals surface area (Å²) in [4.78, 5) is 26.1. The Morgan fingerprint density at radius 2 is 2.39 bits per heavy atom. The van der Waals surface area contributed by atoms with E-state index in [1.165, 1.54) is 0 Å². The molecule has 2 rings (SSSR count). The van der Waals surface area contributed by atoms with E-state index in [1.807, 2.05) is 0 Å². The number of carbonyl (C=O) groups is 2. The van der Waals surface area contributed by atoms with Gasteiger partial charge < -0.3 is 20.9 Å². The lowest BCUT2D eigenvalue weighted by atomic mass is 10.2. The van der Waals surface area contributed by atoms with Crippen LogP contribution in [-0.4, -0.2) is 35.0 Å². The van der Waals surface area contributed by atoms with Gasteiger partial charge in [0.2, 0.25) is 11.8 Å². The molecule has 0 spiro atoms. The molecular formula is C10H15N5O3. The van der Waals surface area contributed by atoms with Gasteiger partial charge in [-0.05, 0) is 19.4 Å². The van der Waals surface area contributed by atoms with E-state index in [2.05, 4.69) is 20.8 Å². The van der Waals surface area contributed by atoms with Crippen molar-refractivity contribution in [2.24, 2.45) is 5.73 Å². The van der Waals surface area contributed by atoms with Gasteiger partial charge >= 0.3 is 0 Å². The third-order valence-electron chi connectivity index (χ3n) is 2.66. The molecule has 1 saturated heterocycles. The fraction of sp³-hybridized carbons (Fsp3) is 0.600. The first kappa shape index (κ1) is 12.5. The highest BCUT2D eigenvalue weighted by Gasteiger charge is 2.24. The predicted molar refractivity (Wildman–Crippen MR) is 60.4 cm³/mol. The van der Waals surface area contributed by atoms with Crippen LogP contribution in [0.1, 0.15) is 41.8 Å². The molecule has 0 bridgehead atoms. The summed E-state index contributed by atoms with van der Waals surface area (Å²) >= 11 is 0. The van der Waals surface area contributed by atoms with Crippen molar-refractivity contribution in [3.05, 3.63) is 11.7 Å². The molecule has 1 aliphatic rings. The minimum atomic E-state index is -0.473. The van der Waals surface area contributed by atoms with Crippen LogP contribution in [0.4, 0.5) is 0 Å². The van der Waals surface area contributed by atoms with Crippen LogP contribution < -0.4 is 16.4 Å². The second kappa shape index (κ2) is 5.58. The number of hydrogen-bond donors (Lipinski definition) is 3. The van der Waals surface area contributed by atoms with Crippen molar-refractivity contribution in [2.45, 2.75) is 25.3 Å². The van der Waals surface area contributed by atoms with Crippen LogP contribution in [0.3, 0.4) is 0 Å². The summed E-state index contributed by atoms with van der Waals surface area (Å²) < 4.78 is 5.02. The summed E-state index contributed by atoms with van der Waals surface area (Å²) in [6.07, 6.45) is 2.05. The Morgan fingerprint density at radius 3 is 3.06 bits per heavy atom. The molecule has 8 heteroatoms. The van der Waals surface area contributed by atoms with Crippen LogP contribution in [0.15, 0.2) is 4.52 Å². The van der Waals surface area contributed by atoms with Gasteiger partial charge in [-0.2, -0.15) is 4.98 Å². The molecule has 1 unspecified atom stereocenters. The number of nitrogens with one attached hydrogen (secondary N) is 2. The van der Waals surface area contributed by atoms with Crippen LogP contribution in [-0.2, 0) is 4.79 Å². The van der Waals surface area contributed by atoms with Gasteiger partial charge in [0, 0.05) is 13.0 Å². The Labute approximate surface area is 103 Å². The second-order valence-corrected chi connectivity index (χ2v) is 4.08. The van der Waals surface area contributed by atoms with Crippen LogP contribution >= 0.6 is 0 Å². The highest BCUT2D eigenvalue weighted by molar-refractivity contribution is 5.90. The van der Waals surface area contributed by atoms with Crippen LogP contribution in [0.2, 0.25) is 0 Å². The van der Waals surface area contributed by atoms with Crippen LogP contribution in [0, 0.1) is 0 Å². The summed E-state index contributed by atoms with van der Waals surface area (Å²) in [5.74, 6) is -0.542. The summed E-state index contributed by atoms with van der Waals surface area (Å²) in [7, 11) is 0. The molecule has 1 aliphatic heterocycles. The van der Waals surface area contributed by atoms with E-state index in [0.29, 0.717) is 5.89 Å². The molecular weight excluding hydrogens is 238 g/mol. The first-order valence-electron chi connectivity index (χ1n) is 5.80. The van der Waals surface area contributed by atoms with E-state index in [9.17, 15) is 9.59 Å². The molecule has 1 fully saturated rings. The standard InChI is InChI=1S/C10H15N5O3/c11-7(16)3-5-13-9(17)8-14-10(18-15-8)6-2-1-4-12-6/h6,12H,1-5H2,(H2,11,16)(H,13,17). The Kier molecular flexibility index (Phi) is 3.88. The first-order valence-corrected chi connectivity index (χ1v) is 5.80. The van der Waals surface area contributed by atoms with Crippen molar-refractivity contribution in [3.8, 4) is 0 Å². The lowest BCUT2D eigenvalue weighted by molar-refractivity contribution is -0.117. The van der Waals surface area contributed by atoms with Crippen LogP contribution in [0.5, 0.6) is 0 Å². The number of aromatic nitrogens is 2. The lowest BCUT2D eigenvalue weighted by Gasteiger charge is -2.01. The highest BCUT2D eigenvalue weighted by atomic mass is 16.5. The molecule has 8 nitrogen and oxygen atoms in total. The molecule has 1 aromatic heterocycles. The van der Waals surface area contributed by atoms with Crippen molar-refractivity contribution >= 4 is 11.8 Å². The lowest BCUT2D eigenvalue weighted by Crippen LogP contribution is -2.28. The van der Waals surface area contributed by atoms with E-state index in [0.717, 1.165) is 19.4 Å². The zero-order valence-electron chi connectivity index (χ0n) is 9.81. The Hall–Kier alpha value is -1.96. The molecule has 0 radical (unpaired) electrons. The van der Waals surface area contributed by atoms with Gasteiger partial charge in [-0.15, -0.1) is 0 Å². The van der Waals surface area contributed by atoms with Gasteiger partial charge in [-0.1, -0.05) is 5.16 Å². The molecule has 18 heavy (non-hydrogen) atoms. The summed E-state index contributed by atoms with van der Waals surface area (Å²) in [6.45, 7) is 1.08. The molecule has 4 N–H and O–H groups in total. The Balaban J connectivity index is 1.88. The topological polar surface area (TPSA) is 123 Å². The number of carbonyl (C=O) groups excluding carboxylic acids is 2. The van der Waals surface area contributed by atoms with Crippen molar-refractivity contribution in [1.29, 1.82) is 0 Å². The van der Waals surface area contributed by atoms with Crippen molar-refractivity contribution < 1.29 is 14.1 Å². The summed E-state index contributed by atoms with van der Waals surface area (Å²) in [6, 6.07) is 0.0321. The molecule has 0 aromatic carbocycles. The normalized spacial score (nSPS) is 18.8. The molecule has 1 aromatic rings. The second-order valence-electron chi connectivity index (χ2n) is 4.08. The zero-order chi connectivity index (χ0) is 13.0. The predicted octanol–water partition coefficient (Wildman–Crippen LogP) is -0.901. The zero-order valence-corrected chi connectivity index (χ0v) is 9.81. The highest BCUT2D eigenvalue weighted by Crippen LogP contribution is 2.20. The monoisotopic (exact) mass is 253 g/mol. The van der Waals surface area contributed by atoms with Crippen molar-refractivity contribution in [3.63, 3.8) is 0 Å². The number of nitrogens with zero attached hydrogens (tertiary/aromatic N) is 2. The first-order chi connectivity index (χ1) is 8.66. The SMILES string of the molecule is NC(=O)CCNC(=O)c1noc(C2CCCN2)n1. The van der Waals surface area contributed by atoms with Gasteiger partial charge in [0.05, 0.1) is 6.04 Å². The fourth-order valence-corrected chi connectivity index (χ4v) is 1.74. The van der Waals surface area contributed by atoms with Gasteiger partial charge in [0.15, 0.2) is 0 Å². The van der Waals surface area contributed by atoms with E-state index >= 15 is 0 Å². The number of rotatable bonds is 5. The largest absolute Gasteiger partial charge is 0.370 e. The van der Waals surface area contributed by atoms with Gasteiger partial charge in [-0.25, -0.2) is 0 Å². The number of hydrogen-bond acceptors (Lipinski definition) is 6. The molecule has 2 heterocycles. The van der Waals surface area contributed by atoms with E-state index in [-0.39, 0.29) is 24.8 Å².